The first kappa shape index (κ1) is 26.7. The summed E-state index contributed by atoms with van der Waals surface area (Å²) in [7, 11) is 1.60. The van der Waals surface area contributed by atoms with Crippen molar-refractivity contribution in [3.63, 3.8) is 0 Å². The summed E-state index contributed by atoms with van der Waals surface area (Å²) in [6.07, 6.45) is -2.60. The van der Waals surface area contributed by atoms with E-state index in [1.807, 2.05) is 18.2 Å². The number of alkyl halides is 3. The van der Waals surface area contributed by atoms with Gasteiger partial charge in [0, 0.05) is 12.5 Å². The molecule has 0 spiro atoms. The molecule has 4 aromatic rings. The standard InChI is InChI=1S/C30H26F6O/c1-37-15-14-21-3-8-22(27(31)17-21)7-2-19-5-12-25-24(16-19)11-10-23(29(25)33)9-4-20-6-13-26(28(32)18-20)30(34,35)36/h3,5-6,8,10-13,16-18H,2,4,7,9,14-15H2,1H3. The summed E-state index contributed by atoms with van der Waals surface area (Å²) in [6, 6.07) is 16.8. The Morgan fingerprint density at radius 1 is 0.622 bits per heavy atom. The van der Waals surface area contributed by atoms with Crippen LogP contribution in [0.15, 0.2) is 66.7 Å². The summed E-state index contributed by atoms with van der Waals surface area (Å²) in [5.41, 5.74) is 1.88. The van der Waals surface area contributed by atoms with Crippen molar-refractivity contribution in [1.82, 2.24) is 0 Å². The molecular weight excluding hydrogens is 490 g/mol. The second-order valence-corrected chi connectivity index (χ2v) is 9.07. The van der Waals surface area contributed by atoms with Gasteiger partial charge in [0.2, 0.25) is 0 Å². The molecule has 0 N–H and O–H groups in total. The van der Waals surface area contributed by atoms with Crippen molar-refractivity contribution in [2.24, 2.45) is 0 Å². The maximum absolute atomic E-state index is 15.2. The highest BCUT2D eigenvalue weighted by Gasteiger charge is 2.33. The molecule has 0 saturated carbocycles. The molecular formula is C30H26F6O. The van der Waals surface area contributed by atoms with Crippen LogP contribution in [0, 0.1) is 17.5 Å². The maximum Gasteiger partial charge on any atom is 0.419 e. The van der Waals surface area contributed by atoms with E-state index in [0.717, 1.165) is 17.2 Å². The van der Waals surface area contributed by atoms with E-state index in [1.54, 1.807) is 31.4 Å². The number of ether oxygens (including phenoxy) is 1. The molecule has 194 valence electrons. The zero-order chi connectivity index (χ0) is 26.6. The Bertz CT molecular complexity index is 1390. The largest absolute Gasteiger partial charge is 0.419 e. The van der Waals surface area contributed by atoms with E-state index in [-0.39, 0.29) is 18.7 Å². The van der Waals surface area contributed by atoms with Crippen molar-refractivity contribution in [3.8, 4) is 0 Å². The Morgan fingerprint density at radius 3 is 1.89 bits per heavy atom. The summed E-state index contributed by atoms with van der Waals surface area (Å²) in [4.78, 5) is 0. The molecule has 0 bridgehead atoms. The molecule has 0 aliphatic heterocycles. The van der Waals surface area contributed by atoms with Gasteiger partial charge < -0.3 is 4.74 Å². The van der Waals surface area contributed by atoms with Crippen LogP contribution in [-0.2, 0) is 43.0 Å². The molecule has 0 amide bonds. The van der Waals surface area contributed by atoms with E-state index in [0.29, 0.717) is 59.4 Å². The normalized spacial score (nSPS) is 11.9. The van der Waals surface area contributed by atoms with Gasteiger partial charge in [0.15, 0.2) is 0 Å². The number of hydrogen-bond donors (Lipinski definition) is 0. The van der Waals surface area contributed by atoms with Gasteiger partial charge in [-0.1, -0.05) is 48.5 Å². The molecule has 0 heterocycles. The van der Waals surface area contributed by atoms with E-state index >= 15 is 4.39 Å². The highest BCUT2D eigenvalue weighted by Crippen LogP contribution is 2.32. The minimum Gasteiger partial charge on any atom is -0.384 e. The lowest BCUT2D eigenvalue weighted by Crippen LogP contribution is -2.08. The lowest BCUT2D eigenvalue weighted by molar-refractivity contribution is -0.140. The van der Waals surface area contributed by atoms with Gasteiger partial charge in [0.25, 0.3) is 0 Å². The second-order valence-electron chi connectivity index (χ2n) is 9.07. The predicted molar refractivity (Wildman–Crippen MR) is 132 cm³/mol. The van der Waals surface area contributed by atoms with Gasteiger partial charge in [0.05, 0.1) is 12.2 Å². The van der Waals surface area contributed by atoms with Crippen LogP contribution in [0.2, 0.25) is 0 Å². The first-order chi connectivity index (χ1) is 17.7. The molecule has 4 rings (SSSR count). The third-order valence-corrected chi connectivity index (χ3v) is 6.52. The molecule has 0 aromatic heterocycles. The third-order valence-electron chi connectivity index (χ3n) is 6.52. The number of halogens is 6. The average Bonchev–Trinajstić information content (AvgIpc) is 2.85. The highest BCUT2D eigenvalue weighted by molar-refractivity contribution is 5.84. The molecule has 7 heteroatoms. The van der Waals surface area contributed by atoms with Gasteiger partial charge in [-0.15, -0.1) is 0 Å². The Balaban J connectivity index is 1.42. The van der Waals surface area contributed by atoms with Crippen LogP contribution in [0.5, 0.6) is 0 Å². The smallest absolute Gasteiger partial charge is 0.384 e. The molecule has 0 radical (unpaired) electrons. The summed E-state index contributed by atoms with van der Waals surface area (Å²) in [6.45, 7) is 0.530. The Hall–Kier alpha value is -3.32. The van der Waals surface area contributed by atoms with Crippen LogP contribution in [0.1, 0.15) is 33.4 Å². The fourth-order valence-electron chi connectivity index (χ4n) is 4.41. The summed E-state index contributed by atoms with van der Waals surface area (Å²) >= 11 is 0. The van der Waals surface area contributed by atoms with Crippen LogP contribution in [0.4, 0.5) is 26.3 Å². The molecule has 0 unspecified atom stereocenters. The third kappa shape index (κ3) is 6.52. The van der Waals surface area contributed by atoms with Crippen molar-refractivity contribution in [3.05, 3.63) is 118 Å². The molecule has 37 heavy (non-hydrogen) atoms. The summed E-state index contributed by atoms with van der Waals surface area (Å²) in [5, 5.41) is 1.13. The van der Waals surface area contributed by atoms with Crippen LogP contribution < -0.4 is 0 Å². The van der Waals surface area contributed by atoms with Crippen LogP contribution in [0.25, 0.3) is 10.8 Å². The van der Waals surface area contributed by atoms with E-state index in [1.165, 1.54) is 12.1 Å². The zero-order valence-corrected chi connectivity index (χ0v) is 20.3. The van der Waals surface area contributed by atoms with Gasteiger partial charge >= 0.3 is 6.18 Å². The molecule has 0 aliphatic rings. The molecule has 1 nitrogen and oxygen atoms in total. The van der Waals surface area contributed by atoms with E-state index in [2.05, 4.69) is 0 Å². The van der Waals surface area contributed by atoms with Crippen molar-refractivity contribution in [1.29, 1.82) is 0 Å². The molecule has 4 aromatic carbocycles. The van der Waals surface area contributed by atoms with Gasteiger partial charge in [0.1, 0.15) is 17.5 Å². The molecule has 0 aliphatic carbocycles. The SMILES string of the molecule is COCCc1ccc(CCc2ccc3c(F)c(CCc4ccc(C(F)(F)F)c(F)c4)ccc3c2)c(F)c1. The monoisotopic (exact) mass is 516 g/mol. The fraction of sp³-hybridized carbons (Fsp3) is 0.267. The second kappa shape index (κ2) is 11.4. The summed E-state index contributed by atoms with van der Waals surface area (Å²) < 4.78 is 86.7. The summed E-state index contributed by atoms with van der Waals surface area (Å²) in [5.74, 6) is -1.99. The zero-order valence-electron chi connectivity index (χ0n) is 20.3. The highest BCUT2D eigenvalue weighted by atomic mass is 19.4. The van der Waals surface area contributed by atoms with Crippen molar-refractivity contribution in [2.45, 2.75) is 38.3 Å². The van der Waals surface area contributed by atoms with Gasteiger partial charge in [-0.25, -0.2) is 13.2 Å². The molecule has 0 fully saturated rings. The van der Waals surface area contributed by atoms with E-state index in [4.69, 9.17) is 4.74 Å². The van der Waals surface area contributed by atoms with Gasteiger partial charge in [-0.3, -0.25) is 0 Å². The van der Waals surface area contributed by atoms with Crippen LogP contribution in [0.3, 0.4) is 0 Å². The number of methoxy groups -OCH3 is 1. The minimum atomic E-state index is -4.76. The van der Waals surface area contributed by atoms with Gasteiger partial charge in [-0.05, 0) is 83.5 Å². The quantitative estimate of drug-likeness (QED) is 0.205. The Kier molecular flexibility index (Phi) is 8.22. The minimum absolute atomic E-state index is 0.200. The number of aryl methyl sites for hydroxylation is 4. The number of benzene rings is 4. The fourth-order valence-corrected chi connectivity index (χ4v) is 4.41. The molecule has 0 atom stereocenters. The lowest BCUT2D eigenvalue weighted by atomic mass is 9.96. The number of hydrogen-bond acceptors (Lipinski definition) is 1. The van der Waals surface area contributed by atoms with E-state index < -0.39 is 23.4 Å². The first-order valence-corrected chi connectivity index (χ1v) is 12.0. The van der Waals surface area contributed by atoms with Crippen molar-refractivity contribution in [2.75, 3.05) is 13.7 Å². The molecule has 0 saturated heterocycles. The lowest BCUT2D eigenvalue weighted by Gasteiger charge is -2.11. The maximum atomic E-state index is 15.2. The average molecular weight is 517 g/mol. The van der Waals surface area contributed by atoms with Crippen LogP contribution in [-0.4, -0.2) is 13.7 Å². The number of fused-ring (bicyclic) bond motifs is 1. The van der Waals surface area contributed by atoms with Crippen LogP contribution >= 0.6 is 0 Å². The van der Waals surface area contributed by atoms with Crippen molar-refractivity contribution >= 4 is 10.8 Å². The topological polar surface area (TPSA) is 9.23 Å². The Labute approximate surface area is 211 Å². The number of rotatable bonds is 9. The van der Waals surface area contributed by atoms with E-state index in [9.17, 15) is 22.0 Å². The first-order valence-electron chi connectivity index (χ1n) is 12.0. The predicted octanol–water partition coefficient (Wildman–Crippen LogP) is 8.04. The van der Waals surface area contributed by atoms with Crippen molar-refractivity contribution < 1.29 is 31.1 Å². The van der Waals surface area contributed by atoms with Gasteiger partial charge in [-0.2, -0.15) is 13.2 Å². The Morgan fingerprint density at radius 2 is 1.22 bits per heavy atom.